The summed E-state index contributed by atoms with van der Waals surface area (Å²) in [6, 6.07) is 3.07. The van der Waals surface area contributed by atoms with Gasteiger partial charge < -0.3 is 20.8 Å². The first-order chi connectivity index (χ1) is 21.6. The summed E-state index contributed by atoms with van der Waals surface area (Å²) in [5.74, 6) is -1.36. The summed E-state index contributed by atoms with van der Waals surface area (Å²) in [7, 11) is 0. The number of aromatic carboxylic acids is 1. The largest absolute Gasteiger partial charge is 0.507 e. The number of nitrogens with one attached hydrogen (secondary N) is 2. The fraction of sp³-hybridized carbons (Fsp3) is 0.486. The van der Waals surface area contributed by atoms with Crippen molar-refractivity contribution in [3.63, 3.8) is 0 Å². The van der Waals surface area contributed by atoms with Gasteiger partial charge in [-0.1, -0.05) is 95.4 Å². The van der Waals surface area contributed by atoms with Crippen LogP contribution in [-0.2, 0) is 9.59 Å². The van der Waals surface area contributed by atoms with E-state index in [0.717, 1.165) is 44.3 Å². The van der Waals surface area contributed by atoms with E-state index in [1.807, 2.05) is 27.7 Å². The predicted octanol–water partition coefficient (Wildman–Crippen LogP) is 8.99. The molecule has 45 heavy (non-hydrogen) atoms. The maximum atomic E-state index is 13.6. The molecule has 1 aromatic rings. The van der Waals surface area contributed by atoms with Gasteiger partial charge in [-0.05, 0) is 87.7 Å². The minimum absolute atomic E-state index is 0.135. The summed E-state index contributed by atoms with van der Waals surface area (Å²) in [5, 5.41) is 24.8. The lowest BCUT2D eigenvalue weighted by Crippen LogP contribution is -2.52. The molecule has 0 saturated carbocycles. The third-order valence-corrected chi connectivity index (χ3v) is 8.96. The first-order valence-corrected chi connectivity index (χ1v) is 17.2. The molecule has 0 saturated heterocycles. The van der Waals surface area contributed by atoms with Gasteiger partial charge in [0, 0.05) is 5.69 Å². The van der Waals surface area contributed by atoms with Gasteiger partial charge in [-0.3, -0.25) is 9.59 Å². The minimum atomic E-state index is -1.30. The van der Waals surface area contributed by atoms with Crippen molar-refractivity contribution in [2.24, 2.45) is 5.92 Å². The Balaban J connectivity index is 2.62. The Labute approximate surface area is 275 Å². The number of carbonyl (C=O) groups excluding carboxylic acids is 2. The molecule has 1 rings (SSSR count). The molecule has 0 bridgehead atoms. The van der Waals surface area contributed by atoms with Crippen LogP contribution in [0, 0.1) is 5.92 Å². The molecule has 0 aliphatic carbocycles. The van der Waals surface area contributed by atoms with Crippen molar-refractivity contribution in [3.05, 3.63) is 84.5 Å². The van der Waals surface area contributed by atoms with Crippen molar-refractivity contribution < 1.29 is 24.6 Å². The van der Waals surface area contributed by atoms with E-state index in [2.05, 4.69) is 78.3 Å². The molecule has 1 atom stereocenters. The van der Waals surface area contributed by atoms with Crippen molar-refractivity contribution in [1.82, 2.24) is 5.32 Å². The van der Waals surface area contributed by atoms with Gasteiger partial charge in [-0.25, -0.2) is 4.79 Å². The lowest BCUT2D eigenvalue weighted by molar-refractivity contribution is -0.128. The molecule has 2 amide bonds. The van der Waals surface area contributed by atoms with Crippen LogP contribution in [0.2, 0.25) is 0 Å². The fourth-order valence-electron chi connectivity index (χ4n) is 4.54. The standard InChI is InChI=1S/C37H54N2O5S/c1-6-9-10-11-12-13-14-15-16-17-18-19-20-21-22-23-26-45-37(7-2,8-3)36(44)39-32(27-29(4)5)34(41)38-30-24-25-33(40)31(28-30)35(42)43/h9-10,12-13,15-16,18-19,21-22,24-25,28-29,32,40H,6-8,11,14,17,20,23,26-27H2,1-5H3,(H,38,41)(H,39,44)(H,42,43)/b10-9-,13-12-,16-15-,19-18-,22-21-. The maximum Gasteiger partial charge on any atom is 0.339 e. The summed E-state index contributed by atoms with van der Waals surface area (Å²) < 4.78 is -0.661. The Morgan fingerprint density at radius 1 is 0.844 bits per heavy atom. The Hall–Kier alpha value is -3.52. The van der Waals surface area contributed by atoms with Crippen molar-refractivity contribution in [3.8, 4) is 5.75 Å². The highest BCUT2D eigenvalue weighted by atomic mass is 32.2. The number of rotatable bonds is 22. The highest BCUT2D eigenvalue weighted by Crippen LogP contribution is 2.34. The molecule has 0 spiro atoms. The highest BCUT2D eigenvalue weighted by Gasteiger charge is 2.37. The summed E-state index contributed by atoms with van der Waals surface area (Å²) in [6.45, 7) is 10.1. The van der Waals surface area contributed by atoms with E-state index >= 15 is 0 Å². The molecule has 248 valence electrons. The number of carboxylic acid groups (broad SMARTS) is 1. The van der Waals surface area contributed by atoms with Crippen LogP contribution in [0.3, 0.4) is 0 Å². The summed E-state index contributed by atoms with van der Waals surface area (Å²) in [5.41, 5.74) is -0.0703. The molecular formula is C37H54N2O5S. The normalized spacial score (nSPS) is 13.2. The number of carbonyl (C=O) groups is 3. The first-order valence-electron chi connectivity index (χ1n) is 16.2. The molecule has 1 unspecified atom stereocenters. The Morgan fingerprint density at radius 3 is 1.87 bits per heavy atom. The molecule has 4 N–H and O–H groups in total. The lowest BCUT2D eigenvalue weighted by atomic mass is 9.98. The Morgan fingerprint density at radius 2 is 1.38 bits per heavy atom. The van der Waals surface area contributed by atoms with Crippen LogP contribution in [0.4, 0.5) is 5.69 Å². The average Bonchev–Trinajstić information content (AvgIpc) is 3.01. The zero-order valence-electron chi connectivity index (χ0n) is 27.8. The van der Waals surface area contributed by atoms with Crippen molar-refractivity contribution in [1.29, 1.82) is 0 Å². The molecule has 0 aromatic heterocycles. The van der Waals surface area contributed by atoms with Crippen LogP contribution < -0.4 is 10.6 Å². The van der Waals surface area contributed by atoms with E-state index in [1.165, 1.54) is 18.2 Å². The van der Waals surface area contributed by atoms with Crippen LogP contribution in [0.5, 0.6) is 5.75 Å². The zero-order valence-corrected chi connectivity index (χ0v) is 28.6. The quantitative estimate of drug-likeness (QED) is 0.0572. The minimum Gasteiger partial charge on any atom is -0.507 e. The SMILES string of the molecule is CC/C=C\C/C=C\C/C=C\C/C=C\C/C=C\CCSC(CC)(CC)C(=O)NC(CC(C)C)C(=O)Nc1ccc(O)c(C(=O)O)c1. The molecule has 0 aliphatic rings. The molecule has 0 fully saturated rings. The second kappa shape index (κ2) is 22.9. The molecule has 1 aromatic carbocycles. The number of allylic oxidation sites excluding steroid dienone is 10. The first kappa shape index (κ1) is 39.5. The number of thioether (sulfide) groups is 1. The number of amides is 2. The van der Waals surface area contributed by atoms with Crippen molar-refractivity contribution in [2.45, 2.75) is 103 Å². The van der Waals surface area contributed by atoms with Crippen molar-refractivity contribution in [2.75, 3.05) is 11.1 Å². The van der Waals surface area contributed by atoms with E-state index in [9.17, 15) is 24.6 Å². The fourth-order valence-corrected chi connectivity index (χ4v) is 5.78. The third-order valence-electron chi connectivity index (χ3n) is 7.20. The van der Waals surface area contributed by atoms with Gasteiger partial charge in [-0.15, -0.1) is 11.8 Å². The predicted molar refractivity (Wildman–Crippen MR) is 190 cm³/mol. The smallest absolute Gasteiger partial charge is 0.339 e. The van der Waals surface area contributed by atoms with Crippen LogP contribution in [0.1, 0.15) is 103 Å². The van der Waals surface area contributed by atoms with E-state index < -0.39 is 22.7 Å². The number of aromatic hydroxyl groups is 1. The van der Waals surface area contributed by atoms with Crippen LogP contribution in [0.15, 0.2) is 79.0 Å². The molecule has 0 heterocycles. The Kier molecular flexibility index (Phi) is 20.1. The van der Waals surface area contributed by atoms with E-state index in [0.29, 0.717) is 19.3 Å². The molecular weight excluding hydrogens is 584 g/mol. The zero-order chi connectivity index (χ0) is 33.5. The van der Waals surface area contributed by atoms with Gasteiger partial charge in [0.25, 0.3) is 0 Å². The van der Waals surface area contributed by atoms with E-state index in [4.69, 9.17) is 0 Å². The second-order valence-corrected chi connectivity index (χ2v) is 12.7. The van der Waals surface area contributed by atoms with E-state index in [-0.39, 0.29) is 28.8 Å². The van der Waals surface area contributed by atoms with Crippen LogP contribution in [0.25, 0.3) is 0 Å². The lowest BCUT2D eigenvalue weighted by Gasteiger charge is -2.32. The third kappa shape index (κ3) is 15.9. The number of benzene rings is 1. The maximum absolute atomic E-state index is 13.6. The monoisotopic (exact) mass is 638 g/mol. The highest BCUT2D eigenvalue weighted by molar-refractivity contribution is 8.01. The Bertz CT molecular complexity index is 1200. The van der Waals surface area contributed by atoms with Gasteiger partial charge >= 0.3 is 5.97 Å². The number of phenols is 1. The van der Waals surface area contributed by atoms with Crippen molar-refractivity contribution >= 4 is 35.2 Å². The topological polar surface area (TPSA) is 116 Å². The molecule has 0 aliphatic heterocycles. The average molecular weight is 639 g/mol. The number of anilines is 1. The van der Waals surface area contributed by atoms with E-state index in [1.54, 1.807) is 11.8 Å². The van der Waals surface area contributed by atoms with Gasteiger partial charge in [0.1, 0.15) is 17.4 Å². The number of hydrogen-bond donors (Lipinski definition) is 4. The van der Waals surface area contributed by atoms with Gasteiger partial charge in [-0.2, -0.15) is 0 Å². The number of hydrogen-bond acceptors (Lipinski definition) is 5. The molecule has 0 radical (unpaired) electrons. The van der Waals surface area contributed by atoms with Gasteiger partial charge in [0.2, 0.25) is 11.8 Å². The van der Waals surface area contributed by atoms with Crippen LogP contribution in [-0.4, -0.2) is 44.5 Å². The number of carboxylic acids is 1. The van der Waals surface area contributed by atoms with Crippen LogP contribution >= 0.6 is 11.8 Å². The summed E-state index contributed by atoms with van der Waals surface area (Å²) in [6.07, 6.45) is 29.1. The van der Waals surface area contributed by atoms with Gasteiger partial charge in [0.15, 0.2) is 0 Å². The molecule has 7 nitrogen and oxygen atoms in total. The second-order valence-electron chi connectivity index (χ2n) is 11.2. The summed E-state index contributed by atoms with van der Waals surface area (Å²) >= 11 is 1.62. The van der Waals surface area contributed by atoms with Gasteiger partial charge in [0.05, 0.1) is 4.75 Å². The summed E-state index contributed by atoms with van der Waals surface area (Å²) in [4.78, 5) is 38.2. The molecule has 8 heteroatoms.